The van der Waals surface area contributed by atoms with Gasteiger partial charge in [-0.3, -0.25) is 0 Å². The van der Waals surface area contributed by atoms with Gasteiger partial charge in [0.05, 0.1) is 11.2 Å². The summed E-state index contributed by atoms with van der Waals surface area (Å²) in [5, 5.41) is 0.620. The van der Waals surface area contributed by atoms with E-state index in [0.29, 0.717) is 17.4 Å². The van der Waals surface area contributed by atoms with Crippen molar-refractivity contribution in [3.63, 3.8) is 0 Å². The Morgan fingerprint density at radius 3 is 2.61 bits per heavy atom. The molecule has 2 nitrogen and oxygen atoms in total. The summed E-state index contributed by atoms with van der Waals surface area (Å²) in [6.07, 6.45) is 2.51. The fraction of sp³-hybridized carbons (Fsp3) is 0.222. The molecule has 3 aromatic rings. The number of halogens is 3. The lowest BCUT2D eigenvalue weighted by Crippen LogP contribution is -1.99. The molecule has 3 rings (SSSR count). The van der Waals surface area contributed by atoms with Crippen LogP contribution in [0.25, 0.3) is 22.2 Å². The molecule has 120 valence electrons. The molecule has 0 saturated heterocycles. The minimum Gasteiger partial charge on any atom is -0.352 e. The van der Waals surface area contributed by atoms with Gasteiger partial charge in [-0.2, -0.15) is 0 Å². The highest BCUT2D eigenvalue weighted by Crippen LogP contribution is 2.35. The van der Waals surface area contributed by atoms with Gasteiger partial charge >= 0.3 is 0 Å². The Bertz CT molecular complexity index is 842. The van der Waals surface area contributed by atoms with Gasteiger partial charge in [-0.15, -0.1) is 0 Å². The third-order valence-corrected chi connectivity index (χ3v) is 4.90. The van der Waals surface area contributed by atoms with Gasteiger partial charge in [-0.1, -0.05) is 18.2 Å². The van der Waals surface area contributed by atoms with E-state index in [1.165, 1.54) is 6.07 Å². The minimum atomic E-state index is -0.558. The maximum Gasteiger partial charge on any atom is 0.150 e. The van der Waals surface area contributed by atoms with Gasteiger partial charge in [-0.05, 0) is 66.1 Å². The van der Waals surface area contributed by atoms with E-state index in [4.69, 9.17) is 5.73 Å². The van der Waals surface area contributed by atoms with Gasteiger partial charge in [0.25, 0.3) is 0 Å². The summed E-state index contributed by atoms with van der Waals surface area (Å²) >= 11 is 2.26. The molecule has 5 heteroatoms. The predicted molar refractivity (Wildman–Crippen MR) is 98.4 cm³/mol. The number of aromatic nitrogens is 1. The summed E-state index contributed by atoms with van der Waals surface area (Å²) in [5.74, 6) is -1.11. The number of fused-ring (bicyclic) bond motifs is 1. The van der Waals surface area contributed by atoms with Crippen LogP contribution in [0.5, 0.6) is 0 Å². The zero-order valence-electron chi connectivity index (χ0n) is 12.5. The van der Waals surface area contributed by atoms with Crippen LogP contribution in [0.1, 0.15) is 18.4 Å². The molecular formula is C18H17F2IN2. The number of aromatic amines is 1. The molecule has 0 unspecified atom stereocenters. The molecule has 0 fully saturated rings. The standard InChI is InChI=1S/C18H17F2IN2/c19-11-9-14-12(5-3-4-8-22)17(23-18(14)15(20)10-11)13-6-1-2-7-16(13)21/h1-2,6-7,9-10,23H,3-5,8,22H2. The van der Waals surface area contributed by atoms with Crippen molar-refractivity contribution in [2.24, 2.45) is 5.73 Å². The van der Waals surface area contributed by atoms with Crippen LogP contribution in [0.4, 0.5) is 8.78 Å². The Morgan fingerprint density at radius 2 is 1.87 bits per heavy atom. The number of aryl methyl sites for hydroxylation is 1. The fourth-order valence-corrected chi connectivity index (χ4v) is 3.53. The monoisotopic (exact) mass is 426 g/mol. The lowest BCUT2D eigenvalue weighted by Gasteiger charge is -2.07. The van der Waals surface area contributed by atoms with Crippen molar-refractivity contribution < 1.29 is 8.78 Å². The highest BCUT2D eigenvalue weighted by molar-refractivity contribution is 14.1. The molecule has 2 aromatic carbocycles. The fourth-order valence-electron chi connectivity index (χ4n) is 2.87. The molecule has 0 atom stereocenters. The third-order valence-electron chi connectivity index (χ3n) is 3.96. The second-order valence-electron chi connectivity index (χ2n) is 5.51. The van der Waals surface area contributed by atoms with Crippen molar-refractivity contribution in [1.29, 1.82) is 0 Å². The highest BCUT2D eigenvalue weighted by Gasteiger charge is 2.18. The first-order valence-corrected chi connectivity index (χ1v) is 8.64. The average Bonchev–Trinajstić information content (AvgIpc) is 2.87. The lowest BCUT2D eigenvalue weighted by atomic mass is 10.00. The van der Waals surface area contributed by atoms with E-state index >= 15 is 0 Å². The van der Waals surface area contributed by atoms with E-state index in [0.717, 1.165) is 45.7 Å². The first kappa shape index (κ1) is 16.4. The van der Waals surface area contributed by atoms with E-state index in [1.807, 2.05) is 24.3 Å². The molecule has 0 aliphatic rings. The van der Waals surface area contributed by atoms with Crippen molar-refractivity contribution in [3.8, 4) is 11.3 Å². The van der Waals surface area contributed by atoms with Crippen molar-refractivity contribution in [2.75, 3.05) is 6.54 Å². The maximum absolute atomic E-state index is 14.2. The van der Waals surface area contributed by atoms with Gasteiger partial charge < -0.3 is 10.7 Å². The van der Waals surface area contributed by atoms with Crippen LogP contribution in [0.3, 0.4) is 0 Å². The summed E-state index contributed by atoms with van der Waals surface area (Å²) in [6.45, 7) is 0.614. The molecule has 1 heterocycles. The number of hydrogen-bond acceptors (Lipinski definition) is 1. The Hall–Kier alpha value is -1.47. The van der Waals surface area contributed by atoms with Crippen LogP contribution >= 0.6 is 22.6 Å². The smallest absolute Gasteiger partial charge is 0.150 e. The van der Waals surface area contributed by atoms with Crippen LogP contribution in [0.15, 0.2) is 36.4 Å². The zero-order valence-corrected chi connectivity index (χ0v) is 14.7. The zero-order chi connectivity index (χ0) is 16.4. The highest BCUT2D eigenvalue weighted by atomic mass is 127. The van der Waals surface area contributed by atoms with Gasteiger partial charge in [0, 0.05) is 20.6 Å². The second-order valence-corrected chi connectivity index (χ2v) is 6.68. The number of benzene rings is 2. The molecule has 0 saturated carbocycles. The van der Waals surface area contributed by atoms with Gasteiger partial charge in [-0.25, -0.2) is 8.78 Å². The van der Waals surface area contributed by atoms with E-state index in [1.54, 1.807) is 0 Å². The van der Waals surface area contributed by atoms with Gasteiger partial charge in [0.1, 0.15) is 11.6 Å². The maximum atomic E-state index is 14.2. The molecule has 0 spiro atoms. The Balaban J connectivity index is 2.21. The quantitative estimate of drug-likeness (QED) is 0.438. The number of nitrogens with one attached hydrogen (secondary N) is 1. The number of nitrogens with two attached hydrogens (primary N) is 1. The summed E-state index contributed by atoms with van der Waals surface area (Å²) < 4.78 is 28.9. The molecule has 0 aliphatic carbocycles. The van der Waals surface area contributed by atoms with E-state index in [9.17, 15) is 8.78 Å². The van der Waals surface area contributed by atoms with Crippen molar-refractivity contribution >= 4 is 33.5 Å². The molecule has 0 bridgehead atoms. The topological polar surface area (TPSA) is 41.8 Å². The largest absolute Gasteiger partial charge is 0.352 e. The summed E-state index contributed by atoms with van der Waals surface area (Å²) in [4.78, 5) is 3.17. The molecule has 23 heavy (non-hydrogen) atoms. The summed E-state index contributed by atoms with van der Waals surface area (Å²) in [7, 11) is 0. The number of unbranched alkanes of at least 4 members (excludes halogenated alkanes) is 1. The Morgan fingerprint density at radius 1 is 1.09 bits per heavy atom. The van der Waals surface area contributed by atoms with Crippen molar-refractivity contribution in [3.05, 3.63) is 57.2 Å². The molecule has 3 N–H and O–H groups in total. The molecule has 0 radical (unpaired) electrons. The van der Waals surface area contributed by atoms with Crippen LogP contribution < -0.4 is 5.73 Å². The number of hydrogen-bond donors (Lipinski definition) is 2. The second kappa shape index (κ2) is 6.97. The Labute approximate surface area is 147 Å². The van der Waals surface area contributed by atoms with Crippen molar-refractivity contribution in [1.82, 2.24) is 4.98 Å². The third kappa shape index (κ3) is 3.26. The number of H-pyrrole nitrogens is 1. The minimum absolute atomic E-state index is 0.365. The van der Waals surface area contributed by atoms with Gasteiger partial charge in [0.15, 0.2) is 0 Å². The first-order valence-electron chi connectivity index (χ1n) is 7.56. The van der Waals surface area contributed by atoms with Crippen LogP contribution in [0, 0.1) is 15.2 Å². The van der Waals surface area contributed by atoms with Crippen LogP contribution in [-0.2, 0) is 6.42 Å². The van der Waals surface area contributed by atoms with E-state index in [-0.39, 0.29) is 0 Å². The van der Waals surface area contributed by atoms with Crippen LogP contribution in [-0.4, -0.2) is 11.5 Å². The van der Waals surface area contributed by atoms with Crippen LogP contribution in [0.2, 0.25) is 0 Å². The lowest BCUT2D eigenvalue weighted by molar-refractivity contribution is 0.591. The van der Waals surface area contributed by atoms with Crippen molar-refractivity contribution in [2.45, 2.75) is 19.3 Å². The molecular weight excluding hydrogens is 409 g/mol. The van der Waals surface area contributed by atoms with Gasteiger partial charge in [0.2, 0.25) is 0 Å². The molecule has 0 amide bonds. The normalized spacial score (nSPS) is 11.3. The predicted octanol–water partition coefficient (Wildman–Crippen LogP) is 5.00. The molecule has 0 aliphatic heterocycles. The number of rotatable bonds is 5. The van der Waals surface area contributed by atoms with E-state index < -0.39 is 11.6 Å². The van der Waals surface area contributed by atoms with E-state index in [2.05, 4.69) is 27.6 Å². The first-order chi connectivity index (χ1) is 11.1. The Kier molecular flexibility index (Phi) is 4.96. The average molecular weight is 426 g/mol. The summed E-state index contributed by atoms with van der Waals surface area (Å²) in [5.41, 5.74) is 8.77. The SMILES string of the molecule is NCCCCc1c(-c2ccccc2I)[nH]c2c(F)cc(F)cc12. The molecule has 1 aromatic heterocycles. The summed E-state index contributed by atoms with van der Waals surface area (Å²) in [6, 6.07) is 10.2.